The zero-order valence-electron chi connectivity index (χ0n) is 20.7. The number of carbonyl (C=O) groups excluding carboxylic acids is 1. The number of carbonyl (C=O) groups is 2. The lowest BCUT2D eigenvalue weighted by atomic mass is 10.2. The van der Waals surface area contributed by atoms with E-state index < -0.39 is 12.6 Å². The van der Waals surface area contributed by atoms with E-state index in [0.717, 1.165) is 22.6 Å². The Morgan fingerprint density at radius 1 is 1.05 bits per heavy atom. The predicted molar refractivity (Wildman–Crippen MR) is 144 cm³/mol. The summed E-state index contributed by atoms with van der Waals surface area (Å²) in [5, 5.41) is 22.1. The maximum Gasteiger partial charge on any atom is 0.341 e. The molecule has 0 fully saturated rings. The number of aliphatic carboxylic acids is 1. The van der Waals surface area contributed by atoms with E-state index in [-0.39, 0.29) is 11.7 Å². The number of aromatic nitrogens is 3. The highest BCUT2D eigenvalue weighted by Gasteiger charge is 2.17. The smallest absolute Gasteiger partial charge is 0.341 e. The summed E-state index contributed by atoms with van der Waals surface area (Å²) in [5.41, 5.74) is 5.85. The van der Waals surface area contributed by atoms with E-state index in [9.17, 15) is 9.59 Å². The monoisotopic (exact) mass is 531 g/mol. The van der Waals surface area contributed by atoms with Gasteiger partial charge in [0.2, 0.25) is 0 Å². The molecule has 0 aliphatic carbocycles. The highest BCUT2D eigenvalue weighted by atomic mass is 32.2. The number of benzene rings is 3. The van der Waals surface area contributed by atoms with Crippen molar-refractivity contribution in [2.75, 3.05) is 19.5 Å². The van der Waals surface area contributed by atoms with Gasteiger partial charge in [-0.25, -0.2) is 10.2 Å². The van der Waals surface area contributed by atoms with Crippen molar-refractivity contribution in [2.24, 2.45) is 5.10 Å². The molecule has 1 amide bonds. The van der Waals surface area contributed by atoms with E-state index in [1.54, 1.807) is 31.4 Å². The number of carboxylic acids is 1. The minimum atomic E-state index is -1.09. The molecule has 0 saturated carbocycles. The topological polar surface area (TPSA) is 128 Å². The summed E-state index contributed by atoms with van der Waals surface area (Å²) in [6.45, 7) is 1.53. The molecule has 0 spiro atoms. The zero-order valence-corrected chi connectivity index (χ0v) is 21.5. The molecule has 3 aromatic carbocycles. The SMILES string of the molecule is COc1ccc(-c2nnc(SCC(=O)NN=Cc3ccccc3OCC(=O)O)n2-c2ccc(C)cc2)cc1. The number of thioether (sulfide) groups is 1. The van der Waals surface area contributed by atoms with Crippen LogP contribution in [0.5, 0.6) is 11.5 Å². The molecule has 0 aliphatic heterocycles. The molecule has 0 radical (unpaired) electrons. The molecule has 4 rings (SSSR count). The number of carboxylic acid groups (broad SMARTS) is 1. The summed E-state index contributed by atoms with van der Waals surface area (Å²) in [7, 11) is 1.61. The van der Waals surface area contributed by atoms with Gasteiger partial charge in [0, 0.05) is 16.8 Å². The molecule has 0 aliphatic rings. The fourth-order valence-electron chi connectivity index (χ4n) is 3.41. The molecule has 0 bridgehead atoms. The highest BCUT2D eigenvalue weighted by molar-refractivity contribution is 7.99. The molecule has 0 saturated heterocycles. The fraction of sp³-hybridized carbons (Fsp3) is 0.148. The van der Waals surface area contributed by atoms with E-state index in [1.807, 2.05) is 60.0 Å². The fourth-order valence-corrected chi connectivity index (χ4v) is 4.16. The number of hydrazone groups is 1. The van der Waals surface area contributed by atoms with Gasteiger partial charge in [0.15, 0.2) is 17.6 Å². The van der Waals surface area contributed by atoms with Gasteiger partial charge in [-0.05, 0) is 55.5 Å². The minimum absolute atomic E-state index is 0.0428. The molecule has 2 N–H and O–H groups in total. The summed E-state index contributed by atoms with van der Waals surface area (Å²) in [6, 6.07) is 22.3. The molecule has 11 heteroatoms. The first kappa shape index (κ1) is 26.4. The number of nitrogens with zero attached hydrogens (tertiary/aromatic N) is 4. The lowest BCUT2D eigenvalue weighted by Crippen LogP contribution is -2.20. The average molecular weight is 532 g/mol. The number of para-hydroxylation sites is 1. The van der Waals surface area contributed by atoms with Crippen LogP contribution in [0.1, 0.15) is 11.1 Å². The Bertz CT molecular complexity index is 1440. The van der Waals surface area contributed by atoms with Gasteiger partial charge in [-0.15, -0.1) is 10.2 Å². The van der Waals surface area contributed by atoms with Crippen LogP contribution in [0.25, 0.3) is 17.1 Å². The van der Waals surface area contributed by atoms with Gasteiger partial charge in [0.05, 0.1) is 19.1 Å². The Balaban J connectivity index is 1.47. The van der Waals surface area contributed by atoms with Crippen molar-refractivity contribution >= 4 is 29.9 Å². The average Bonchev–Trinajstić information content (AvgIpc) is 3.35. The second kappa shape index (κ2) is 12.5. The minimum Gasteiger partial charge on any atom is -0.497 e. The van der Waals surface area contributed by atoms with Crippen LogP contribution in [0.4, 0.5) is 0 Å². The first-order valence-electron chi connectivity index (χ1n) is 11.5. The van der Waals surface area contributed by atoms with Gasteiger partial charge >= 0.3 is 5.97 Å². The Labute approximate surface area is 223 Å². The molecular weight excluding hydrogens is 506 g/mol. The molecular formula is C27H25N5O5S. The van der Waals surface area contributed by atoms with E-state index in [2.05, 4.69) is 20.7 Å². The molecule has 38 heavy (non-hydrogen) atoms. The van der Waals surface area contributed by atoms with Crippen molar-refractivity contribution in [1.82, 2.24) is 20.2 Å². The second-order valence-corrected chi connectivity index (χ2v) is 8.95. The van der Waals surface area contributed by atoms with Crippen LogP contribution >= 0.6 is 11.8 Å². The summed E-state index contributed by atoms with van der Waals surface area (Å²) >= 11 is 1.23. The molecule has 10 nitrogen and oxygen atoms in total. The van der Waals surface area contributed by atoms with Crippen LogP contribution in [-0.2, 0) is 9.59 Å². The zero-order chi connectivity index (χ0) is 26.9. The van der Waals surface area contributed by atoms with Crippen molar-refractivity contribution in [3.63, 3.8) is 0 Å². The van der Waals surface area contributed by atoms with Gasteiger partial charge in [-0.2, -0.15) is 5.10 Å². The van der Waals surface area contributed by atoms with E-state index >= 15 is 0 Å². The number of amides is 1. The Kier molecular flexibility index (Phi) is 8.73. The quantitative estimate of drug-likeness (QED) is 0.169. The van der Waals surface area contributed by atoms with Crippen molar-refractivity contribution in [2.45, 2.75) is 12.1 Å². The van der Waals surface area contributed by atoms with E-state index in [0.29, 0.717) is 22.3 Å². The number of hydrogen-bond donors (Lipinski definition) is 2. The third-order valence-corrected chi connectivity index (χ3v) is 6.20. The summed E-state index contributed by atoms with van der Waals surface area (Å²) in [6.07, 6.45) is 1.40. The maximum absolute atomic E-state index is 12.5. The van der Waals surface area contributed by atoms with Gasteiger partial charge in [-0.1, -0.05) is 41.6 Å². The Morgan fingerprint density at radius 3 is 2.50 bits per heavy atom. The van der Waals surface area contributed by atoms with Crippen LogP contribution in [0, 0.1) is 6.92 Å². The third-order valence-electron chi connectivity index (χ3n) is 5.27. The molecule has 0 unspecified atom stereocenters. The van der Waals surface area contributed by atoms with Crippen LogP contribution in [0.3, 0.4) is 0 Å². The van der Waals surface area contributed by atoms with Crippen molar-refractivity contribution < 1.29 is 24.2 Å². The van der Waals surface area contributed by atoms with Crippen molar-refractivity contribution in [3.05, 3.63) is 83.9 Å². The normalized spacial score (nSPS) is 10.9. The van der Waals surface area contributed by atoms with Crippen molar-refractivity contribution in [3.8, 4) is 28.6 Å². The number of nitrogens with one attached hydrogen (secondary N) is 1. The molecule has 1 aromatic heterocycles. The van der Waals surface area contributed by atoms with Crippen LogP contribution < -0.4 is 14.9 Å². The highest BCUT2D eigenvalue weighted by Crippen LogP contribution is 2.29. The first-order valence-corrected chi connectivity index (χ1v) is 12.5. The van der Waals surface area contributed by atoms with Crippen LogP contribution in [0.15, 0.2) is 83.1 Å². The number of aryl methyl sites for hydroxylation is 1. The van der Waals surface area contributed by atoms with Crippen LogP contribution in [-0.4, -0.2) is 57.4 Å². The number of methoxy groups -OCH3 is 1. The summed E-state index contributed by atoms with van der Waals surface area (Å²) in [5.74, 6) is 0.324. The molecule has 194 valence electrons. The molecule has 1 heterocycles. The van der Waals surface area contributed by atoms with Crippen molar-refractivity contribution in [1.29, 1.82) is 0 Å². The molecule has 4 aromatic rings. The lowest BCUT2D eigenvalue weighted by molar-refractivity contribution is -0.139. The predicted octanol–water partition coefficient (Wildman–Crippen LogP) is 3.96. The first-order chi connectivity index (χ1) is 18.4. The lowest BCUT2D eigenvalue weighted by Gasteiger charge is -2.11. The molecule has 0 atom stereocenters. The largest absolute Gasteiger partial charge is 0.497 e. The number of rotatable bonds is 11. The van der Waals surface area contributed by atoms with Gasteiger partial charge < -0.3 is 14.6 Å². The van der Waals surface area contributed by atoms with Gasteiger partial charge in [0.1, 0.15) is 11.5 Å². The summed E-state index contributed by atoms with van der Waals surface area (Å²) < 4.78 is 12.4. The van der Waals surface area contributed by atoms with E-state index in [1.165, 1.54) is 18.0 Å². The standard InChI is InChI=1S/C27H25N5O5S/c1-18-7-11-21(12-8-18)32-26(19-9-13-22(36-2)14-10-19)30-31-27(32)38-17-24(33)29-28-15-20-5-3-4-6-23(20)37-16-25(34)35/h3-15H,16-17H2,1-2H3,(H,29,33)(H,34,35). The number of ether oxygens (including phenoxy) is 2. The van der Waals surface area contributed by atoms with Gasteiger partial charge in [-0.3, -0.25) is 9.36 Å². The van der Waals surface area contributed by atoms with Gasteiger partial charge in [0.25, 0.3) is 5.91 Å². The third kappa shape index (κ3) is 6.77. The number of hydrogen-bond acceptors (Lipinski definition) is 8. The maximum atomic E-state index is 12.5. The second-order valence-electron chi connectivity index (χ2n) is 8.01. The Morgan fingerprint density at radius 2 is 1.79 bits per heavy atom. The Hall–Kier alpha value is -4.64. The summed E-state index contributed by atoms with van der Waals surface area (Å²) in [4.78, 5) is 23.3. The van der Waals surface area contributed by atoms with Crippen LogP contribution in [0.2, 0.25) is 0 Å². The van der Waals surface area contributed by atoms with E-state index in [4.69, 9.17) is 14.6 Å².